The Balaban J connectivity index is 2.16. The predicted octanol–water partition coefficient (Wildman–Crippen LogP) is 15.5. The van der Waals surface area contributed by atoms with Crippen LogP contribution in [0.15, 0.2) is 121 Å². The minimum Gasteiger partial charge on any atom is -0.385 e. The molecule has 5 heteroatoms. The number of benzene rings is 2. The van der Waals surface area contributed by atoms with Gasteiger partial charge >= 0.3 is 0 Å². The maximum absolute atomic E-state index is 4.37. The molecule has 2 N–H and O–H groups in total. The van der Waals surface area contributed by atoms with Gasteiger partial charge < -0.3 is 10.6 Å². The third-order valence-corrected chi connectivity index (χ3v) is 17.6. The van der Waals surface area contributed by atoms with Crippen LogP contribution in [-0.2, 0) is 16.2 Å². The van der Waals surface area contributed by atoms with Gasteiger partial charge in [-0.25, -0.2) is 0 Å². The lowest BCUT2D eigenvalue weighted by molar-refractivity contribution is 0.332. The molecule has 0 saturated carbocycles. The first kappa shape index (κ1) is 53.1. The van der Waals surface area contributed by atoms with E-state index >= 15 is 0 Å². The fourth-order valence-corrected chi connectivity index (χ4v) is 11.5. The summed E-state index contributed by atoms with van der Waals surface area (Å²) in [6.07, 6.45) is 23.7. The molecule has 2 aromatic carbocycles. The molecule has 3 aromatic rings. The smallest absolute Gasteiger partial charge is 0.243 e. The average Bonchev–Trinajstić information content (AvgIpc) is 3.63. The third-order valence-electron chi connectivity index (χ3n) is 14.6. The van der Waals surface area contributed by atoms with Gasteiger partial charge in [0.2, 0.25) is 6.71 Å². The Labute approximate surface area is 399 Å². The van der Waals surface area contributed by atoms with Gasteiger partial charge in [0.15, 0.2) is 0 Å². The molecule has 0 saturated heterocycles. The highest BCUT2D eigenvalue weighted by molar-refractivity contribution is 7.19. The number of nitrogens with one attached hydrogen (secondary N) is 2. The van der Waals surface area contributed by atoms with E-state index in [4.69, 9.17) is 0 Å². The molecule has 3 unspecified atom stereocenters. The van der Waals surface area contributed by atoms with E-state index in [0.29, 0.717) is 5.54 Å². The zero-order chi connectivity index (χ0) is 48.0. The second kappa shape index (κ2) is 21.4. The summed E-state index contributed by atoms with van der Waals surface area (Å²) in [5.41, 5.74) is 13.3. The van der Waals surface area contributed by atoms with Crippen molar-refractivity contribution in [3.8, 4) is 0 Å². The molecule has 2 nitrogen and oxygen atoms in total. The Morgan fingerprint density at radius 1 is 0.844 bits per heavy atom. The first-order chi connectivity index (χ1) is 29.8. The maximum Gasteiger partial charge on any atom is 0.243 e. The largest absolute Gasteiger partial charge is 0.385 e. The van der Waals surface area contributed by atoms with Crippen LogP contribution in [-0.4, -0.2) is 27.6 Å². The third kappa shape index (κ3) is 12.3. The second-order valence-corrected chi connectivity index (χ2v) is 27.0. The van der Waals surface area contributed by atoms with Crippen molar-refractivity contribution >= 4 is 47.9 Å². The number of hydrogen-bond donors (Lipinski definition) is 2. The second-order valence-electron chi connectivity index (χ2n) is 23.0. The van der Waals surface area contributed by atoms with E-state index in [1.54, 1.807) is 0 Å². The van der Waals surface area contributed by atoms with Crippen LogP contribution >= 0.6 is 11.3 Å². The Bertz CT molecular complexity index is 2230. The van der Waals surface area contributed by atoms with Gasteiger partial charge in [0.1, 0.15) is 0 Å². The average molecular weight is 896 g/mol. The zero-order valence-electron chi connectivity index (χ0n) is 43.7. The van der Waals surface area contributed by atoms with Crippen molar-refractivity contribution in [3.05, 3.63) is 143 Å². The number of hydrogen-bond acceptors (Lipinski definition) is 3. The standard InChI is InChI=1S/C59H88BN2SSi/c1-21-26-27-29-43(23-3)62-39-51(53(28-22-2)61-35-32-47(56(10,11)12)46(24-4)55(7,8)9)60(42-30-31-44(41(6)64(19)20)48(36-42)57(13,14)25-5)52-40-63-54-38-50-49(37-45(52)54)58(15,16)33-34-59(50,17)18/h22-24,26-27,30-32,35-41,43,53,61-62H,2-4,21,25,28-29,33-34H2,1,5-20H3/b27-26+,35-32+,47-46-,51-39-. The van der Waals surface area contributed by atoms with Gasteiger partial charge in [-0.05, 0) is 146 Å². The number of thiophene rings is 1. The quantitative estimate of drug-likeness (QED) is 0.0671. The molecular formula is C59H88BN2SSi. The highest BCUT2D eigenvalue weighted by atomic mass is 32.1. The maximum atomic E-state index is 4.37. The van der Waals surface area contributed by atoms with Gasteiger partial charge in [0, 0.05) is 25.6 Å². The minimum atomic E-state index is -0.572. The van der Waals surface area contributed by atoms with Crippen LogP contribution in [0, 0.1) is 10.8 Å². The highest BCUT2D eigenvalue weighted by Crippen LogP contribution is 2.47. The van der Waals surface area contributed by atoms with Crippen molar-refractivity contribution in [2.45, 2.75) is 189 Å². The Morgan fingerprint density at radius 2 is 1.47 bits per heavy atom. The van der Waals surface area contributed by atoms with Crippen molar-refractivity contribution in [1.29, 1.82) is 0 Å². The molecule has 0 fully saturated rings. The monoisotopic (exact) mass is 896 g/mol. The van der Waals surface area contributed by atoms with E-state index < -0.39 is 8.80 Å². The summed E-state index contributed by atoms with van der Waals surface area (Å²) < 4.78 is 1.38. The fraction of sp³-hybridized carbons (Fsp3) is 0.525. The van der Waals surface area contributed by atoms with E-state index in [2.05, 4.69) is 232 Å². The summed E-state index contributed by atoms with van der Waals surface area (Å²) in [7, 11) is -0.572. The first-order valence-corrected chi connectivity index (χ1v) is 27.9. The molecule has 347 valence electrons. The van der Waals surface area contributed by atoms with Gasteiger partial charge in [-0.1, -0.05) is 189 Å². The van der Waals surface area contributed by atoms with Crippen molar-refractivity contribution in [2.75, 3.05) is 0 Å². The van der Waals surface area contributed by atoms with Gasteiger partial charge in [-0.15, -0.1) is 24.5 Å². The molecule has 1 aromatic heterocycles. The zero-order valence-corrected chi connectivity index (χ0v) is 45.5. The van der Waals surface area contributed by atoms with Crippen LogP contribution in [0.3, 0.4) is 0 Å². The minimum absolute atomic E-state index is 0.0155. The number of rotatable bonds is 20. The van der Waals surface area contributed by atoms with E-state index in [1.165, 1.54) is 72.7 Å². The van der Waals surface area contributed by atoms with Crippen LogP contribution in [0.2, 0.25) is 13.1 Å². The predicted molar refractivity (Wildman–Crippen MR) is 294 cm³/mol. The molecule has 64 heavy (non-hydrogen) atoms. The first-order valence-electron chi connectivity index (χ1n) is 24.4. The molecule has 1 radical (unpaired) electrons. The summed E-state index contributed by atoms with van der Waals surface area (Å²) in [6.45, 7) is 53.3. The SMILES string of the molecule is C=CCC(N/C=C/C(=C(\C=C)C(C)(C)C)C(C)(C)C)/C(=C/NC(C=C)C/C=C/CC)B(c1ccc(C(C)[Si](C)C)c(C(C)(C)CC)c1)c1csc2cc3c(cc12)C(C)(C)CCC3(C)C. The van der Waals surface area contributed by atoms with Crippen LogP contribution in [0.1, 0.15) is 170 Å². The molecule has 1 heterocycles. The Morgan fingerprint density at radius 3 is 2.00 bits per heavy atom. The molecule has 4 rings (SSSR count). The summed E-state index contributed by atoms with van der Waals surface area (Å²) in [5.74, 6) is 0. The van der Waals surface area contributed by atoms with Crippen molar-refractivity contribution in [3.63, 3.8) is 0 Å². The van der Waals surface area contributed by atoms with E-state index in [0.717, 1.165) is 25.7 Å². The molecule has 0 bridgehead atoms. The van der Waals surface area contributed by atoms with Gasteiger partial charge in [0.25, 0.3) is 0 Å². The Kier molecular flexibility index (Phi) is 17.7. The molecule has 0 spiro atoms. The van der Waals surface area contributed by atoms with Crippen molar-refractivity contribution in [2.24, 2.45) is 10.8 Å². The van der Waals surface area contributed by atoms with Gasteiger partial charge in [0.05, 0.1) is 0 Å². The van der Waals surface area contributed by atoms with Crippen LogP contribution in [0.5, 0.6) is 0 Å². The summed E-state index contributed by atoms with van der Waals surface area (Å²) in [4.78, 5) is 0. The molecule has 3 atom stereocenters. The van der Waals surface area contributed by atoms with E-state index in [-0.39, 0.29) is 45.9 Å². The number of fused-ring (bicyclic) bond motifs is 2. The van der Waals surface area contributed by atoms with E-state index in [9.17, 15) is 0 Å². The van der Waals surface area contributed by atoms with Crippen molar-refractivity contribution < 1.29 is 0 Å². The molecule has 0 amide bonds. The van der Waals surface area contributed by atoms with Gasteiger partial charge in [-0.3, -0.25) is 0 Å². The molecule has 1 aliphatic rings. The molecule has 0 aliphatic heterocycles. The Hall–Kier alpha value is -3.54. The van der Waals surface area contributed by atoms with Crippen molar-refractivity contribution in [1.82, 2.24) is 10.6 Å². The van der Waals surface area contributed by atoms with E-state index in [1.807, 2.05) is 11.3 Å². The lowest BCUT2D eigenvalue weighted by atomic mass is 9.34. The molecular weight excluding hydrogens is 808 g/mol. The van der Waals surface area contributed by atoms with Crippen LogP contribution in [0.4, 0.5) is 0 Å². The normalized spacial score (nSPS) is 17.6. The lowest BCUT2D eigenvalue weighted by Gasteiger charge is -2.42. The van der Waals surface area contributed by atoms with Crippen LogP contribution < -0.4 is 21.6 Å². The summed E-state index contributed by atoms with van der Waals surface area (Å²) in [5, 5.41) is 11.8. The van der Waals surface area contributed by atoms with Gasteiger partial charge in [-0.2, -0.15) is 0 Å². The summed E-state index contributed by atoms with van der Waals surface area (Å²) >= 11 is 1.92. The van der Waals surface area contributed by atoms with Crippen LogP contribution in [0.25, 0.3) is 10.1 Å². The molecule has 1 aliphatic carbocycles. The summed E-state index contributed by atoms with van der Waals surface area (Å²) in [6, 6.07) is 12.8. The lowest BCUT2D eigenvalue weighted by Crippen LogP contribution is -2.50. The fourth-order valence-electron chi connectivity index (χ4n) is 9.61. The highest BCUT2D eigenvalue weighted by Gasteiger charge is 2.39. The topological polar surface area (TPSA) is 24.1 Å². The number of allylic oxidation sites excluding steroid dienone is 5.